The number of sulfonamides is 1. The number of phenolic OH excluding ortho intramolecular Hbond substituents is 1. The van der Waals surface area contributed by atoms with E-state index in [1.54, 1.807) is 17.8 Å². The van der Waals surface area contributed by atoms with Crippen LogP contribution in [-0.4, -0.2) is 60.7 Å². The van der Waals surface area contributed by atoms with Crippen LogP contribution in [0.3, 0.4) is 0 Å². The zero-order valence-electron chi connectivity index (χ0n) is 18.5. The second-order valence-electron chi connectivity index (χ2n) is 7.28. The number of thiazole rings is 1. The number of H-pyrrole nitrogens is 1. The molecular formula is C22H29N3O5S3. The number of hydrazine groups is 1. The summed E-state index contributed by atoms with van der Waals surface area (Å²) >= 11 is 2.73. The van der Waals surface area contributed by atoms with Gasteiger partial charge in [0.15, 0.2) is 0 Å². The van der Waals surface area contributed by atoms with Gasteiger partial charge in [-0.25, -0.2) is 13.8 Å². The first-order valence-electron chi connectivity index (χ1n) is 10.7. The number of nitrogens with zero attached hydrogens (tertiary/aromatic N) is 1. The summed E-state index contributed by atoms with van der Waals surface area (Å²) in [5.41, 5.74) is 4.29. The van der Waals surface area contributed by atoms with Crippen molar-refractivity contribution in [3.8, 4) is 5.75 Å². The zero-order valence-corrected chi connectivity index (χ0v) is 20.9. The van der Waals surface area contributed by atoms with Gasteiger partial charge < -0.3 is 14.8 Å². The van der Waals surface area contributed by atoms with Gasteiger partial charge in [0, 0.05) is 17.2 Å². The molecule has 3 rings (SSSR count). The molecule has 3 N–H and O–H groups in total. The second-order valence-corrected chi connectivity index (χ2v) is 11.4. The Morgan fingerprint density at radius 2 is 1.97 bits per heavy atom. The highest BCUT2D eigenvalue weighted by Crippen LogP contribution is 2.27. The van der Waals surface area contributed by atoms with E-state index in [9.17, 15) is 18.3 Å². The third-order valence-corrected chi connectivity index (χ3v) is 8.64. The lowest BCUT2D eigenvalue weighted by Crippen LogP contribution is -2.46. The Balaban J connectivity index is 1.51. The fourth-order valence-corrected chi connectivity index (χ4v) is 6.32. The predicted octanol–water partition coefficient (Wildman–Crippen LogP) is 3.19. The Morgan fingerprint density at radius 1 is 1.18 bits per heavy atom. The Morgan fingerprint density at radius 3 is 2.73 bits per heavy atom. The molecule has 0 atom stereocenters. The lowest BCUT2D eigenvalue weighted by molar-refractivity contribution is 0.126. The lowest BCUT2D eigenvalue weighted by atomic mass is 10.1. The fourth-order valence-electron chi connectivity index (χ4n) is 3.25. The molecule has 1 heterocycles. The van der Waals surface area contributed by atoms with Crippen molar-refractivity contribution in [1.29, 1.82) is 0 Å². The van der Waals surface area contributed by atoms with Crippen molar-refractivity contribution in [3.05, 3.63) is 57.7 Å². The highest BCUT2D eigenvalue weighted by molar-refractivity contribution is 7.99. The minimum Gasteiger partial charge on any atom is -0.506 e. The van der Waals surface area contributed by atoms with Crippen molar-refractivity contribution >= 4 is 43.3 Å². The van der Waals surface area contributed by atoms with Crippen molar-refractivity contribution in [2.75, 3.05) is 37.8 Å². The van der Waals surface area contributed by atoms with Crippen molar-refractivity contribution < 1.29 is 18.3 Å². The van der Waals surface area contributed by atoms with Crippen molar-refractivity contribution in [3.63, 3.8) is 0 Å². The highest BCUT2D eigenvalue weighted by Gasteiger charge is 2.21. The number of aromatic amines is 1. The molecule has 0 saturated carbocycles. The quantitative estimate of drug-likeness (QED) is 0.173. The highest BCUT2D eigenvalue weighted by atomic mass is 32.2. The number of ether oxygens (including phenoxy) is 1. The molecule has 2 aromatic carbocycles. The van der Waals surface area contributed by atoms with Gasteiger partial charge in [-0.05, 0) is 36.6 Å². The van der Waals surface area contributed by atoms with E-state index in [1.807, 2.05) is 37.3 Å². The van der Waals surface area contributed by atoms with Crippen molar-refractivity contribution in [2.45, 2.75) is 24.7 Å². The number of thioether (sulfide) groups is 1. The first-order valence-corrected chi connectivity index (χ1v) is 14.1. The van der Waals surface area contributed by atoms with Gasteiger partial charge >= 0.3 is 4.87 Å². The Labute approximate surface area is 202 Å². The lowest BCUT2D eigenvalue weighted by Gasteiger charge is -2.23. The molecule has 0 spiro atoms. The fraction of sp³-hybridized carbons (Fsp3) is 0.409. The molecule has 0 aliphatic heterocycles. The van der Waals surface area contributed by atoms with E-state index in [-0.39, 0.29) is 29.5 Å². The van der Waals surface area contributed by atoms with Crippen LogP contribution in [0.15, 0.2) is 52.2 Å². The predicted molar refractivity (Wildman–Crippen MR) is 135 cm³/mol. The molecule has 11 heteroatoms. The largest absolute Gasteiger partial charge is 0.506 e. The molecule has 3 aromatic rings. The Hall–Kier alpha value is -1.89. The van der Waals surface area contributed by atoms with Gasteiger partial charge in [0.2, 0.25) is 10.0 Å². The maximum absolute atomic E-state index is 12.7. The smallest absolute Gasteiger partial charge is 0.305 e. The van der Waals surface area contributed by atoms with E-state index in [0.29, 0.717) is 36.2 Å². The van der Waals surface area contributed by atoms with Crippen LogP contribution in [-0.2, 0) is 21.2 Å². The van der Waals surface area contributed by atoms with Crippen LogP contribution in [0.5, 0.6) is 5.75 Å². The average Bonchev–Trinajstić information content (AvgIpc) is 3.19. The van der Waals surface area contributed by atoms with Gasteiger partial charge in [0.25, 0.3) is 0 Å². The van der Waals surface area contributed by atoms with Crippen LogP contribution < -0.4 is 10.3 Å². The molecule has 0 bridgehead atoms. The van der Waals surface area contributed by atoms with Crippen LogP contribution in [0.4, 0.5) is 0 Å². The average molecular weight is 512 g/mol. The molecule has 8 nitrogen and oxygen atoms in total. The summed E-state index contributed by atoms with van der Waals surface area (Å²) in [6.07, 6.45) is 1.02. The van der Waals surface area contributed by atoms with Crippen molar-refractivity contribution in [2.24, 2.45) is 0 Å². The van der Waals surface area contributed by atoms with E-state index in [2.05, 4.69) is 10.4 Å². The summed E-state index contributed by atoms with van der Waals surface area (Å²) in [5.74, 6) is 0.859. The number of phenols is 1. The minimum atomic E-state index is -3.46. The number of fused-ring (bicyclic) bond motifs is 1. The van der Waals surface area contributed by atoms with Crippen LogP contribution in [0.2, 0.25) is 0 Å². The topological polar surface area (TPSA) is 112 Å². The minimum absolute atomic E-state index is 0.0229. The van der Waals surface area contributed by atoms with Gasteiger partial charge in [-0.2, -0.15) is 0 Å². The molecule has 33 heavy (non-hydrogen) atoms. The standard InChI is InChI=1S/C22H29N3O5S3/c1-2-16-33(28,29)25(12-13-30-14-15-31-18-6-4-3-5-7-18)23-11-10-17-8-9-19(26)20-21(17)32-22(27)24-20/h3-9,23,26H,2,10-16H2,1H3,(H,24,27). The second kappa shape index (κ2) is 12.5. The van der Waals surface area contributed by atoms with Crippen molar-refractivity contribution in [1.82, 2.24) is 14.8 Å². The third kappa shape index (κ3) is 7.56. The molecular weight excluding hydrogens is 482 g/mol. The van der Waals surface area contributed by atoms with E-state index in [4.69, 9.17) is 4.74 Å². The maximum Gasteiger partial charge on any atom is 0.305 e. The first-order chi connectivity index (χ1) is 15.9. The summed E-state index contributed by atoms with van der Waals surface area (Å²) in [5, 5.41) is 9.93. The number of hydrogen-bond donors (Lipinski definition) is 3. The van der Waals surface area contributed by atoms with Gasteiger partial charge in [0.05, 0.1) is 30.2 Å². The summed E-state index contributed by atoms with van der Waals surface area (Å²) < 4.78 is 32.9. The molecule has 0 aliphatic carbocycles. The van der Waals surface area contributed by atoms with E-state index < -0.39 is 10.0 Å². The van der Waals surface area contributed by atoms with Gasteiger partial charge in [0.1, 0.15) is 11.3 Å². The molecule has 0 unspecified atom stereocenters. The Bertz CT molecular complexity index is 1180. The van der Waals surface area contributed by atoms with Gasteiger partial charge in [-0.3, -0.25) is 4.79 Å². The number of hydrogen-bond acceptors (Lipinski definition) is 8. The normalized spacial score (nSPS) is 12.1. The number of aromatic nitrogens is 1. The number of benzene rings is 2. The molecule has 0 fully saturated rings. The van der Waals surface area contributed by atoms with Crippen LogP contribution >= 0.6 is 23.1 Å². The SMILES string of the molecule is CCCS(=O)(=O)N(CCOCCSc1ccccc1)NCCc1ccc(O)c2[nH]c(=O)sc12. The number of nitrogens with one attached hydrogen (secondary N) is 2. The molecule has 0 radical (unpaired) electrons. The van der Waals surface area contributed by atoms with E-state index in [0.717, 1.165) is 22.7 Å². The first kappa shape index (κ1) is 25.7. The molecule has 0 aliphatic rings. The maximum atomic E-state index is 12.7. The summed E-state index contributed by atoms with van der Waals surface area (Å²) in [7, 11) is -3.46. The van der Waals surface area contributed by atoms with E-state index in [1.165, 1.54) is 15.4 Å². The molecule has 180 valence electrons. The number of aromatic hydroxyl groups is 1. The third-order valence-electron chi connectivity index (χ3n) is 4.80. The van der Waals surface area contributed by atoms with Gasteiger partial charge in [-0.1, -0.05) is 42.5 Å². The summed E-state index contributed by atoms with van der Waals surface area (Å²) in [6.45, 7) is 3.21. The van der Waals surface area contributed by atoms with Crippen LogP contribution in [0, 0.1) is 0 Å². The van der Waals surface area contributed by atoms with E-state index >= 15 is 0 Å². The summed E-state index contributed by atoms with van der Waals surface area (Å²) in [4.78, 5) is 15.2. The number of rotatable bonds is 14. The van der Waals surface area contributed by atoms with Gasteiger partial charge in [-0.15, -0.1) is 16.2 Å². The monoisotopic (exact) mass is 511 g/mol. The molecule has 0 saturated heterocycles. The van der Waals surface area contributed by atoms with Crippen LogP contribution in [0.1, 0.15) is 18.9 Å². The summed E-state index contributed by atoms with van der Waals surface area (Å²) in [6, 6.07) is 13.3. The molecule has 0 amide bonds. The Kier molecular flexibility index (Phi) is 9.78. The molecule has 1 aromatic heterocycles. The zero-order chi connectivity index (χ0) is 23.7. The van der Waals surface area contributed by atoms with Crippen LogP contribution in [0.25, 0.3) is 10.2 Å².